The number of amides is 1. The van der Waals surface area contributed by atoms with Gasteiger partial charge in [0.15, 0.2) is 6.61 Å². The number of hydrogen-bond acceptors (Lipinski definition) is 5. The molecule has 0 aromatic heterocycles. The largest absolute Gasteiger partial charge is 0.494 e. The van der Waals surface area contributed by atoms with E-state index in [1.807, 2.05) is 37.3 Å². The summed E-state index contributed by atoms with van der Waals surface area (Å²) in [5.41, 5.74) is 3.58. The van der Waals surface area contributed by atoms with Crippen molar-refractivity contribution in [2.45, 2.75) is 6.92 Å². The van der Waals surface area contributed by atoms with Gasteiger partial charge in [-0.1, -0.05) is 12.1 Å². The molecule has 0 atom stereocenters. The molecule has 0 aliphatic carbocycles. The summed E-state index contributed by atoms with van der Waals surface area (Å²) in [7, 11) is 0. The molecule has 122 valence electrons. The molecule has 0 heterocycles. The number of para-hydroxylation sites is 1. The van der Waals surface area contributed by atoms with E-state index >= 15 is 0 Å². The topological polar surface area (TPSA) is 83.7 Å². The van der Waals surface area contributed by atoms with Gasteiger partial charge in [-0.2, -0.15) is 10.4 Å². The Hall–Kier alpha value is -3.33. The molecule has 2 aromatic carbocycles. The van der Waals surface area contributed by atoms with Crippen molar-refractivity contribution in [3.05, 3.63) is 59.7 Å². The van der Waals surface area contributed by atoms with Gasteiger partial charge in [-0.3, -0.25) is 4.79 Å². The molecular weight excluding hydrogens is 306 g/mol. The smallest absolute Gasteiger partial charge is 0.277 e. The maximum Gasteiger partial charge on any atom is 0.277 e. The highest BCUT2D eigenvalue weighted by atomic mass is 16.5. The third-order valence-electron chi connectivity index (χ3n) is 2.96. The van der Waals surface area contributed by atoms with E-state index in [9.17, 15) is 4.79 Å². The molecule has 24 heavy (non-hydrogen) atoms. The number of hydrazone groups is 1. The van der Waals surface area contributed by atoms with Crippen LogP contribution in [0.15, 0.2) is 53.6 Å². The minimum Gasteiger partial charge on any atom is -0.494 e. The molecule has 6 heteroatoms. The summed E-state index contributed by atoms with van der Waals surface area (Å²) in [5, 5.41) is 12.8. The van der Waals surface area contributed by atoms with Crippen LogP contribution < -0.4 is 14.9 Å². The maximum absolute atomic E-state index is 11.7. The van der Waals surface area contributed by atoms with Crippen molar-refractivity contribution in [3.8, 4) is 17.6 Å². The number of benzene rings is 2. The van der Waals surface area contributed by atoms with Gasteiger partial charge in [-0.25, -0.2) is 5.43 Å². The second-order valence-electron chi connectivity index (χ2n) is 4.69. The SMILES string of the molecule is CCOc1ccc(/C=N/NC(=O)COc2ccccc2C#N)cc1. The number of nitriles is 1. The maximum atomic E-state index is 11.7. The normalized spacial score (nSPS) is 10.2. The molecule has 0 aliphatic heterocycles. The van der Waals surface area contributed by atoms with Crippen molar-refractivity contribution in [2.75, 3.05) is 13.2 Å². The van der Waals surface area contributed by atoms with Crippen LogP contribution in [0.5, 0.6) is 11.5 Å². The quantitative estimate of drug-likeness (QED) is 0.627. The lowest BCUT2D eigenvalue weighted by Gasteiger charge is -2.06. The molecule has 0 bridgehead atoms. The molecule has 0 fully saturated rings. The molecule has 2 rings (SSSR count). The van der Waals surface area contributed by atoms with E-state index in [0.29, 0.717) is 17.9 Å². The number of hydrogen-bond donors (Lipinski definition) is 1. The van der Waals surface area contributed by atoms with E-state index in [1.165, 1.54) is 6.21 Å². The summed E-state index contributed by atoms with van der Waals surface area (Å²) in [6.07, 6.45) is 1.52. The van der Waals surface area contributed by atoms with Crippen LogP contribution in [0.3, 0.4) is 0 Å². The summed E-state index contributed by atoms with van der Waals surface area (Å²) in [5.74, 6) is 0.735. The third kappa shape index (κ3) is 5.14. The Morgan fingerprint density at radius 1 is 1.21 bits per heavy atom. The van der Waals surface area contributed by atoms with Crippen LogP contribution in [0.2, 0.25) is 0 Å². The van der Waals surface area contributed by atoms with E-state index in [-0.39, 0.29) is 6.61 Å². The van der Waals surface area contributed by atoms with Gasteiger partial charge in [0.25, 0.3) is 5.91 Å². The van der Waals surface area contributed by atoms with Gasteiger partial charge in [0, 0.05) is 0 Å². The Morgan fingerprint density at radius 3 is 2.67 bits per heavy atom. The van der Waals surface area contributed by atoms with Gasteiger partial charge in [-0.15, -0.1) is 0 Å². The second-order valence-corrected chi connectivity index (χ2v) is 4.69. The van der Waals surface area contributed by atoms with E-state index in [1.54, 1.807) is 24.3 Å². The number of rotatable bonds is 7. The molecular formula is C18H17N3O3. The first-order chi connectivity index (χ1) is 11.7. The Balaban J connectivity index is 1.81. The predicted octanol–water partition coefficient (Wildman–Crippen LogP) is 2.49. The van der Waals surface area contributed by atoms with Gasteiger partial charge >= 0.3 is 0 Å². The summed E-state index contributed by atoms with van der Waals surface area (Å²) in [4.78, 5) is 11.7. The van der Waals surface area contributed by atoms with Crippen LogP contribution in [0.25, 0.3) is 0 Å². The van der Waals surface area contributed by atoms with Crippen molar-refractivity contribution >= 4 is 12.1 Å². The van der Waals surface area contributed by atoms with Crippen molar-refractivity contribution in [1.29, 1.82) is 5.26 Å². The Kier molecular flexibility index (Phi) is 6.35. The first-order valence-corrected chi connectivity index (χ1v) is 7.39. The molecule has 1 N–H and O–H groups in total. The fourth-order valence-electron chi connectivity index (χ4n) is 1.86. The van der Waals surface area contributed by atoms with Gasteiger partial charge in [-0.05, 0) is 48.9 Å². The van der Waals surface area contributed by atoms with Crippen molar-refractivity contribution in [3.63, 3.8) is 0 Å². The summed E-state index contributed by atoms with van der Waals surface area (Å²) in [6, 6.07) is 16.0. The lowest BCUT2D eigenvalue weighted by Crippen LogP contribution is -2.24. The van der Waals surface area contributed by atoms with Crippen LogP contribution in [-0.4, -0.2) is 25.3 Å². The molecule has 0 unspecified atom stereocenters. The Morgan fingerprint density at radius 2 is 1.96 bits per heavy atom. The van der Waals surface area contributed by atoms with Crippen molar-refractivity contribution in [1.82, 2.24) is 5.43 Å². The first-order valence-electron chi connectivity index (χ1n) is 7.39. The molecule has 0 radical (unpaired) electrons. The lowest BCUT2D eigenvalue weighted by molar-refractivity contribution is -0.123. The minimum atomic E-state index is -0.412. The molecule has 0 aliphatic rings. The highest BCUT2D eigenvalue weighted by Crippen LogP contribution is 2.16. The van der Waals surface area contributed by atoms with Crippen LogP contribution in [0.1, 0.15) is 18.1 Å². The first kappa shape index (κ1) is 17.0. The highest BCUT2D eigenvalue weighted by Gasteiger charge is 2.05. The molecule has 2 aromatic rings. The Bertz CT molecular complexity index is 749. The number of ether oxygens (including phenoxy) is 2. The van der Waals surface area contributed by atoms with Crippen molar-refractivity contribution < 1.29 is 14.3 Å². The predicted molar refractivity (Wildman–Crippen MR) is 90.0 cm³/mol. The molecule has 1 amide bonds. The van der Waals surface area contributed by atoms with E-state index in [2.05, 4.69) is 10.5 Å². The summed E-state index contributed by atoms with van der Waals surface area (Å²) < 4.78 is 10.7. The number of nitrogens with zero attached hydrogens (tertiary/aromatic N) is 2. The highest BCUT2D eigenvalue weighted by molar-refractivity contribution is 5.83. The minimum absolute atomic E-state index is 0.223. The van der Waals surface area contributed by atoms with Gasteiger partial charge in [0.2, 0.25) is 0 Å². The fourth-order valence-corrected chi connectivity index (χ4v) is 1.86. The van der Waals surface area contributed by atoms with E-state index < -0.39 is 5.91 Å². The fraction of sp³-hybridized carbons (Fsp3) is 0.167. The molecule has 0 spiro atoms. The molecule has 0 saturated carbocycles. The van der Waals surface area contributed by atoms with E-state index in [0.717, 1.165) is 11.3 Å². The zero-order valence-electron chi connectivity index (χ0n) is 13.2. The van der Waals surface area contributed by atoms with Crippen LogP contribution in [0.4, 0.5) is 0 Å². The van der Waals surface area contributed by atoms with Crippen LogP contribution in [0, 0.1) is 11.3 Å². The monoisotopic (exact) mass is 323 g/mol. The standard InChI is InChI=1S/C18H17N3O3/c1-2-23-16-9-7-14(8-10-16)12-20-21-18(22)13-24-17-6-4-3-5-15(17)11-19/h3-10,12H,2,13H2,1H3,(H,21,22)/b20-12+. The van der Waals surface area contributed by atoms with Crippen molar-refractivity contribution in [2.24, 2.45) is 5.10 Å². The van der Waals surface area contributed by atoms with Crippen LogP contribution >= 0.6 is 0 Å². The lowest BCUT2D eigenvalue weighted by atomic mass is 10.2. The number of nitrogens with one attached hydrogen (secondary N) is 1. The summed E-state index contributed by atoms with van der Waals surface area (Å²) >= 11 is 0. The Labute approximate surface area is 140 Å². The van der Waals surface area contributed by atoms with E-state index in [4.69, 9.17) is 14.7 Å². The summed E-state index contributed by atoms with van der Waals surface area (Å²) in [6.45, 7) is 2.31. The van der Waals surface area contributed by atoms with Gasteiger partial charge in [0.1, 0.15) is 17.6 Å². The zero-order chi connectivity index (χ0) is 17.2. The average Bonchev–Trinajstić information content (AvgIpc) is 2.62. The van der Waals surface area contributed by atoms with Gasteiger partial charge in [0.05, 0.1) is 18.4 Å². The number of carbonyl (C=O) groups is 1. The van der Waals surface area contributed by atoms with Crippen LogP contribution in [-0.2, 0) is 4.79 Å². The zero-order valence-corrected chi connectivity index (χ0v) is 13.2. The average molecular weight is 323 g/mol. The molecule has 6 nitrogen and oxygen atoms in total. The molecule has 0 saturated heterocycles. The number of carbonyl (C=O) groups excluding carboxylic acids is 1. The second kappa shape index (κ2) is 8.96. The third-order valence-corrected chi connectivity index (χ3v) is 2.96. The van der Waals surface area contributed by atoms with Gasteiger partial charge < -0.3 is 9.47 Å².